The third kappa shape index (κ3) is 25.2. The number of imidazole rings is 1. The lowest BCUT2D eigenvalue weighted by molar-refractivity contribution is -0.136. The maximum Gasteiger partial charge on any atom is 0.224 e. The van der Waals surface area contributed by atoms with Gasteiger partial charge in [-0.2, -0.15) is 0 Å². The molecular weight excluding hydrogens is 939 g/mol. The number of phenolic OH excluding ortho intramolecular Hbond substituents is 1. The largest absolute Gasteiger partial charge is 0.508 e. The fourth-order valence-electron chi connectivity index (χ4n) is 8.40. The first-order chi connectivity index (χ1) is 34.5. The van der Waals surface area contributed by atoms with Crippen molar-refractivity contribution in [2.24, 2.45) is 90.6 Å². The van der Waals surface area contributed by atoms with E-state index < -0.39 is 71.1 Å². The topological polar surface area (TPSA) is 424 Å². The Morgan fingerprint density at radius 3 is 1.47 bits per heavy atom. The van der Waals surface area contributed by atoms with E-state index in [2.05, 4.69) is 40.9 Å². The maximum absolute atomic E-state index is 14.6. The first kappa shape index (κ1) is 62.0. The van der Waals surface area contributed by atoms with Crippen LogP contribution >= 0.6 is 0 Å². The lowest BCUT2D eigenvalue weighted by Crippen LogP contribution is -2.49. The molecule has 0 aliphatic rings. The average Bonchev–Trinajstić information content (AvgIpc) is 3.83. The number of Topliss-reactive ketones (excluding diaryl/α,β-unsaturated/α-hetero) is 3. The predicted molar refractivity (Wildman–Crippen MR) is 281 cm³/mol. The molecule has 0 bridgehead atoms. The van der Waals surface area contributed by atoms with E-state index in [1.54, 1.807) is 12.1 Å². The van der Waals surface area contributed by atoms with Crippen molar-refractivity contribution >= 4 is 58.9 Å². The Hall–Kier alpha value is -7.07. The third-order valence-corrected chi connectivity index (χ3v) is 12.3. The summed E-state index contributed by atoms with van der Waals surface area (Å²) in [7, 11) is 0. The smallest absolute Gasteiger partial charge is 0.224 e. The summed E-state index contributed by atoms with van der Waals surface area (Å²) in [5.74, 6) is -7.30. The van der Waals surface area contributed by atoms with E-state index in [9.17, 15) is 38.7 Å². The van der Waals surface area contributed by atoms with E-state index >= 15 is 0 Å². The van der Waals surface area contributed by atoms with E-state index in [1.807, 2.05) is 34.6 Å². The van der Waals surface area contributed by atoms with Crippen molar-refractivity contribution in [1.29, 1.82) is 0 Å². The van der Waals surface area contributed by atoms with Gasteiger partial charge in [0.15, 0.2) is 35.2 Å². The van der Waals surface area contributed by atoms with Gasteiger partial charge < -0.3 is 66.2 Å². The van der Waals surface area contributed by atoms with Gasteiger partial charge in [-0.3, -0.25) is 48.5 Å². The molecule has 4 amide bonds. The SMILES string of the molecule is CC[C@@H](Cc1ccc(O)cc1)C(=O)N[C@@H](CCCN=C(N)N)C(=O)C[C@@H](Cc1cnc[nH]1)C(=O)N[C@@H](CCCN=C(N)N)C(=O)C[C@@H](CCCN=C(N)N)C(=O)N[C@@H](CC(C)C)C(=O)C[C@@H](CC(C)C)C(N)=O. The summed E-state index contributed by atoms with van der Waals surface area (Å²) in [5.41, 5.74) is 40.4. The monoisotopic (exact) mass is 1020 g/mol. The molecule has 0 spiro atoms. The summed E-state index contributed by atoms with van der Waals surface area (Å²) >= 11 is 0. The van der Waals surface area contributed by atoms with Gasteiger partial charge in [-0.05, 0) is 93.7 Å². The first-order valence-electron chi connectivity index (χ1n) is 25.2. The summed E-state index contributed by atoms with van der Waals surface area (Å²) < 4.78 is 0. The summed E-state index contributed by atoms with van der Waals surface area (Å²) in [6, 6.07) is 3.26. The molecule has 23 nitrogen and oxygen atoms in total. The number of carbonyl (C=O) groups excluding carboxylic acids is 7. The molecule has 73 heavy (non-hydrogen) atoms. The highest BCUT2D eigenvalue weighted by Gasteiger charge is 2.35. The van der Waals surface area contributed by atoms with Gasteiger partial charge >= 0.3 is 0 Å². The normalized spacial score (nSPS) is 14.1. The van der Waals surface area contributed by atoms with Crippen molar-refractivity contribution < 1.29 is 38.7 Å². The minimum Gasteiger partial charge on any atom is -0.508 e. The molecule has 2 aromatic rings. The number of aromatic hydroxyl groups is 1. The van der Waals surface area contributed by atoms with Gasteiger partial charge in [0.05, 0.1) is 30.4 Å². The Balaban J connectivity index is 2.53. The third-order valence-electron chi connectivity index (χ3n) is 12.3. The number of carbonyl (C=O) groups is 7. The number of benzene rings is 1. The Morgan fingerprint density at radius 2 is 1.01 bits per heavy atom. The number of ketones is 3. The van der Waals surface area contributed by atoms with Crippen LogP contribution < -0.4 is 56.1 Å². The highest BCUT2D eigenvalue weighted by Crippen LogP contribution is 2.23. The molecule has 1 aromatic carbocycles. The van der Waals surface area contributed by atoms with Gasteiger partial charge in [0.2, 0.25) is 23.6 Å². The number of nitrogens with one attached hydrogen (secondary N) is 4. The minimum absolute atomic E-state index is 0.00550. The molecule has 1 heterocycles. The van der Waals surface area contributed by atoms with Crippen LogP contribution in [0.25, 0.3) is 0 Å². The van der Waals surface area contributed by atoms with Gasteiger partial charge in [-0.25, -0.2) is 4.98 Å². The molecular formula is C50H83N15O8. The Kier molecular flexibility index (Phi) is 27.9. The number of rotatable bonds is 37. The van der Waals surface area contributed by atoms with Gasteiger partial charge in [0.25, 0.3) is 0 Å². The van der Waals surface area contributed by atoms with Gasteiger partial charge in [0, 0.05) is 75.0 Å². The summed E-state index contributed by atoms with van der Waals surface area (Å²) in [5, 5.41) is 18.4. The van der Waals surface area contributed by atoms with Crippen molar-refractivity contribution in [3.8, 4) is 5.75 Å². The maximum atomic E-state index is 14.6. The number of aromatic amines is 1. The Morgan fingerprint density at radius 1 is 0.575 bits per heavy atom. The fraction of sp³-hybridized carbons (Fsp3) is 0.620. The number of guanidine groups is 3. The van der Waals surface area contributed by atoms with Crippen LogP contribution in [0.1, 0.15) is 123 Å². The van der Waals surface area contributed by atoms with Crippen LogP contribution in [0.4, 0.5) is 0 Å². The number of H-pyrrole nitrogens is 1. The molecule has 406 valence electrons. The predicted octanol–water partition coefficient (Wildman–Crippen LogP) is 0.846. The molecule has 0 saturated heterocycles. The van der Waals surface area contributed by atoms with E-state index in [1.165, 1.54) is 24.7 Å². The number of hydrogen-bond donors (Lipinski definition) is 12. The molecule has 1 aromatic heterocycles. The average molecular weight is 1020 g/mol. The molecule has 0 saturated carbocycles. The van der Waals surface area contributed by atoms with Crippen molar-refractivity contribution in [3.05, 3.63) is 48.0 Å². The van der Waals surface area contributed by atoms with Crippen molar-refractivity contribution in [3.63, 3.8) is 0 Å². The highest BCUT2D eigenvalue weighted by atomic mass is 16.3. The second-order valence-corrected chi connectivity index (χ2v) is 19.6. The lowest BCUT2D eigenvalue weighted by atomic mass is 9.87. The first-order valence-corrected chi connectivity index (χ1v) is 25.2. The molecule has 2 rings (SSSR count). The number of phenols is 1. The zero-order valence-electron chi connectivity index (χ0n) is 43.3. The van der Waals surface area contributed by atoms with Crippen LogP contribution in [0.15, 0.2) is 51.8 Å². The van der Waals surface area contributed by atoms with Crippen LogP contribution in [-0.4, -0.2) is 112 Å². The molecule has 19 N–H and O–H groups in total. The second-order valence-electron chi connectivity index (χ2n) is 19.6. The van der Waals surface area contributed by atoms with Gasteiger partial charge in [0.1, 0.15) is 5.75 Å². The molecule has 7 atom stereocenters. The number of nitrogens with two attached hydrogens (primary N) is 7. The van der Waals surface area contributed by atoms with Crippen LogP contribution in [0, 0.1) is 35.5 Å². The van der Waals surface area contributed by atoms with Gasteiger partial charge in [-0.15, -0.1) is 0 Å². The fourth-order valence-corrected chi connectivity index (χ4v) is 8.40. The summed E-state index contributed by atoms with van der Waals surface area (Å²) in [4.78, 5) is 117. The van der Waals surface area contributed by atoms with Crippen molar-refractivity contribution in [1.82, 2.24) is 25.9 Å². The quantitative estimate of drug-likeness (QED) is 0.0254. The molecule has 0 unspecified atom stereocenters. The zero-order chi connectivity index (χ0) is 54.6. The molecule has 0 aliphatic heterocycles. The van der Waals surface area contributed by atoms with E-state index in [0.717, 1.165) is 5.56 Å². The number of hydrogen-bond acceptors (Lipinski definition) is 12. The summed E-state index contributed by atoms with van der Waals surface area (Å²) in [6.07, 6.45) is 4.55. The molecule has 0 fully saturated rings. The van der Waals surface area contributed by atoms with Crippen LogP contribution in [0.5, 0.6) is 5.75 Å². The Labute approximate surface area is 429 Å². The standard InChI is InChI=1S/C50H83N15O8/c1-6-32(22-31-13-15-37(66)16-14-31)45(71)63-39(12-9-19-61-50(56)57)42(68)26-35(23-36-27-58-28-62-36)47(73)64-38(11-8-18-60-49(54)55)41(67)24-33(10-7-17-59-48(52)53)46(72)65-40(21-30(4)5)43(69)25-34(44(51)70)20-29(2)3/h13-16,27-30,32-35,38-40,66H,6-12,17-26H2,1-5H3,(H2,51,70)(H,58,62)(H,63,71)(H,64,73)(H,65,72)(H4,52,53,59)(H4,54,55,60)(H4,56,57,61)/t32-,33+,34+,35+,38-,39-,40-/m0/s1. The van der Waals surface area contributed by atoms with Crippen molar-refractivity contribution in [2.75, 3.05) is 19.6 Å². The molecule has 23 heteroatoms. The minimum atomic E-state index is -1.20. The van der Waals surface area contributed by atoms with Crippen LogP contribution in [0.3, 0.4) is 0 Å². The number of aromatic nitrogens is 2. The van der Waals surface area contributed by atoms with Crippen molar-refractivity contribution in [2.45, 2.75) is 143 Å². The van der Waals surface area contributed by atoms with E-state index in [4.69, 9.17) is 40.1 Å². The van der Waals surface area contributed by atoms with Crippen LogP contribution in [-0.2, 0) is 46.4 Å². The second kappa shape index (κ2) is 32.8. The van der Waals surface area contributed by atoms with E-state index in [0.29, 0.717) is 31.4 Å². The number of primary amides is 1. The lowest BCUT2D eigenvalue weighted by Gasteiger charge is -2.27. The van der Waals surface area contributed by atoms with Crippen LogP contribution in [0.2, 0.25) is 0 Å². The van der Waals surface area contributed by atoms with Gasteiger partial charge in [-0.1, -0.05) is 46.8 Å². The highest BCUT2D eigenvalue weighted by molar-refractivity contribution is 5.97. The zero-order valence-corrected chi connectivity index (χ0v) is 43.3. The number of amides is 4. The number of aliphatic imine (C=N–C) groups is 3. The number of nitrogens with zero attached hydrogens (tertiary/aromatic N) is 4. The summed E-state index contributed by atoms with van der Waals surface area (Å²) in [6.45, 7) is 9.87. The molecule has 0 aliphatic carbocycles. The Bertz CT molecular complexity index is 2150. The van der Waals surface area contributed by atoms with E-state index in [-0.39, 0.29) is 131 Å². The molecule has 0 radical (unpaired) electrons.